The molecule has 2 rings (SSSR count). The minimum absolute atomic E-state index is 0.161. The molecule has 0 saturated carbocycles. The molecule has 6 nitrogen and oxygen atoms in total. The van der Waals surface area contributed by atoms with Crippen LogP contribution < -0.4 is 5.32 Å². The van der Waals surface area contributed by atoms with Gasteiger partial charge in [0.1, 0.15) is 11.8 Å². The molecule has 1 aliphatic rings. The Morgan fingerprint density at radius 1 is 1.33 bits per heavy atom. The third-order valence-electron chi connectivity index (χ3n) is 4.20. The van der Waals surface area contributed by atoms with E-state index in [2.05, 4.69) is 10.5 Å². The van der Waals surface area contributed by atoms with Gasteiger partial charge in [-0.15, -0.1) is 0 Å². The van der Waals surface area contributed by atoms with Crippen molar-refractivity contribution < 1.29 is 27.3 Å². The van der Waals surface area contributed by atoms with Gasteiger partial charge in [-0.2, -0.15) is 13.2 Å². The van der Waals surface area contributed by atoms with Gasteiger partial charge in [-0.3, -0.25) is 9.59 Å². The highest BCUT2D eigenvalue weighted by molar-refractivity contribution is 5.80. The quantitative estimate of drug-likeness (QED) is 0.906. The van der Waals surface area contributed by atoms with Crippen molar-refractivity contribution in [3.8, 4) is 0 Å². The number of carbonyl (C=O) groups is 2. The highest BCUT2D eigenvalue weighted by Crippen LogP contribution is 2.32. The average Bonchev–Trinajstić information content (AvgIpc) is 2.77. The summed E-state index contributed by atoms with van der Waals surface area (Å²) in [7, 11) is 0. The number of alkyl halides is 3. The van der Waals surface area contributed by atoms with Crippen molar-refractivity contribution in [1.82, 2.24) is 15.4 Å². The van der Waals surface area contributed by atoms with E-state index in [1.54, 1.807) is 13.8 Å². The number of hydrogen-bond donors (Lipinski definition) is 1. The fraction of sp³-hybridized carbons (Fsp3) is 0.667. The molecule has 2 atom stereocenters. The number of nitrogens with zero attached hydrogens (tertiary/aromatic N) is 2. The Kier molecular flexibility index (Phi) is 5.19. The van der Waals surface area contributed by atoms with Crippen molar-refractivity contribution >= 4 is 11.8 Å². The van der Waals surface area contributed by atoms with Crippen LogP contribution in [0.4, 0.5) is 13.2 Å². The summed E-state index contributed by atoms with van der Waals surface area (Å²) < 4.78 is 44.8. The Morgan fingerprint density at radius 3 is 2.50 bits per heavy atom. The van der Waals surface area contributed by atoms with Gasteiger partial charge in [0.05, 0.1) is 12.1 Å². The molecule has 0 aromatic carbocycles. The molecule has 1 aromatic heterocycles. The van der Waals surface area contributed by atoms with Crippen LogP contribution in [0.3, 0.4) is 0 Å². The van der Waals surface area contributed by atoms with Crippen LogP contribution in [0.25, 0.3) is 0 Å². The summed E-state index contributed by atoms with van der Waals surface area (Å²) in [6.45, 7) is 4.38. The monoisotopic (exact) mass is 347 g/mol. The summed E-state index contributed by atoms with van der Waals surface area (Å²) in [5.41, 5.74) is 0.988. The topological polar surface area (TPSA) is 75.4 Å². The minimum Gasteiger partial charge on any atom is -0.361 e. The van der Waals surface area contributed by atoms with E-state index in [0.717, 1.165) is 4.90 Å². The van der Waals surface area contributed by atoms with Crippen molar-refractivity contribution in [2.45, 2.75) is 58.3 Å². The van der Waals surface area contributed by atoms with Crippen molar-refractivity contribution in [3.63, 3.8) is 0 Å². The van der Waals surface area contributed by atoms with Crippen molar-refractivity contribution in [2.24, 2.45) is 0 Å². The molecule has 9 heteroatoms. The number of likely N-dealkylation sites (tertiary alicyclic amines) is 1. The summed E-state index contributed by atoms with van der Waals surface area (Å²) >= 11 is 0. The SMILES string of the molecule is CC(=O)N[C@H]1CC[C@@H](C(F)(F)F)N(C(=O)Cc2c(C)noc2C)C1. The smallest absolute Gasteiger partial charge is 0.361 e. The fourth-order valence-electron chi connectivity index (χ4n) is 3.00. The zero-order valence-electron chi connectivity index (χ0n) is 13.7. The van der Waals surface area contributed by atoms with Crippen LogP contribution in [-0.2, 0) is 16.0 Å². The van der Waals surface area contributed by atoms with E-state index < -0.39 is 24.2 Å². The lowest BCUT2D eigenvalue weighted by Gasteiger charge is -2.40. The number of halogens is 3. The molecule has 2 amide bonds. The van der Waals surface area contributed by atoms with Gasteiger partial charge < -0.3 is 14.7 Å². The van der Waals surface area contributed by atoms with Gasteiger partial charge in [-0.05, 0) is 26.7 Å². The third kappa shape index (κ3) is 4.07. The molecule has 0 bridgehead atoms. The van der Waals surface area contributed by atoms with Crippen LogP contribution in [0.1, 0.15) is 36.8 Å². The van der Waals surface area contributed by atoms with Gasteiger partial charge in [0.25, 0.3) is 0 Å². The normalized spacial score (nSPS) is 21.7. The van der Waals surface area contributed by atoms with E-state index in [4.69, 9.17) is 4.52 Å². The molecule has 1 fully saturated rings. The molecular weight excluding hydrogens is 327 g/mol. The van der Waals surface area contributed by atoms with Gasteiger partial charge >= 0.3 is 6.18 Å². The van der Waals surface area contributed by atoms with E-state index in [0.29, 0.717) is 17.0 Å². The number of amides is 2. The van der Waals surface area contributed by atoms with Crippen LogP contribution >= 0.6 is 0 Å². The highest BCUT2D eigenvalue weighted by atomic mass is 19.4. The fourth-order valence-corrected chi connectivity index (χ4v) is 3.00. The lowest BCUT2D eigenvalue weighted by Crippen LogP contribution is -2.58. The predicted octanol–water partition coefficient (Wildman–Crippen LogP) is 1.89. The molecule has 1 aromatic rings. The Balaban J connectivity index is 2.19. The molecule has 1 N–H and O–H groups in total. The Bertz CT molecular complexity index is 608. The zero-order chi connectivity index (χ0) is 18.1. The summed E-state index contributed by atoms with van der Waals surface area (Å²) in [4.78, 5) is 24.5. The largest absolute Gasteiger partial charge is 0.408 e. The van der Waals surface area contributed by atoms with Gasteiger partial charge in [0.15, 0.2) is 0 Å². The molecule has 0 radical (unpaired) electrons. The first kappa shape index (κ1) is 18.3. The van der Waals surface area contributed by atoms with Crippen LogP contribution in [-0.4, -0.2) is 46.7 Å². The molecule has 2 heterocycles. The maximum absolute atomic E-state index is 13.3. The van der Waals surface area contributed by atoms with E-state index >= 15 is 0 Å². The molecule has 0 unspecified atom stereocenters. The van der Waals surface area contributed by atoms with Crippen molar-refractivity contribution in [1.29, 1.82) is 0 Å². The average molecular weight is 347 g/mol. The number of piperidine rings is 1. The summed E-state index contributed by atoms with van der Waals surface area (Å²) in [6.07, 6.45) is -4.77. The number of hydrogen-bond acceptors (Lipinski definition) is 4. The first-order valence-electron chi connectivity index (χ1n) is 7.64. The maximum atomic E-state index is 13.3. The molecule has 1 aliphatic heterocycles. The Labute approximate surface area is 137 Å². The van der Waals surface area contributed by atoms with Crippen molar-refractivity contribution in [2.75, 3.05) is 6.54 Å². The van der Waals surface area contributed by atoms with E-state index in [9.17, 15) is 22.8 Å². The van der Waals surface area contributed by atoms with Crippen LogP contribution in [0.15, 0.2) is 4.52 Å². The first-order valence-corrected chi connectivity index (χ1v) is 7.64. The standard InChI is InChI=1S/C15H20F3N3O3/c1-8-12(9(2)24-20-8)6-14(23)21-7-11(19-10(3)22)4-5-13(21)15(16,17)18/h11,13H,4-7H2,1-3H3,(H,19,22)/t11-,13-/m0/s1. The number of rotatable bonds is 3. The van der Waals surface area contributed by atoms with Crippen LogP contribution in [0, 0.1) is 13.8 Å². The van der Waals surface area contributed by atoms with Gasteiger partial charge in [0, 0.05) is 25.1 Å². The molecule has 134 valence electrons. The summed E-state index contributed by atoms with van der Waals surface area (Å²) in [6, 6.07) is -2.31. The lowest BCUT2D eigenvalue weighted by atomic mass is 9.96. The minimum atomic E-state index is -4.50. The summed E-state index contributed by atoms with van der Waals surface area (Å²) in [5, 5.41) is 6.30. The molecule has 1 saturated heterocycles. The first-order chi connectivity index (χ1) is 11.1. The maximum Gasteiger partial charge on any atom is 0.408 e. The Morgan fingerprint density at radius 2 is 2.00 bits per heavy atom. The molecule has 0 aliphatic carbocycles. The molecule has 24 heavy (non-hydrogen) atoms. The Hall–Kier alpha value is -2.06. The number of carbonyl (C=O) groups excluding carboxylic acids is 2. The summed E-state index contributed by atoms with van der Waals surface area (Å²) in [5.74, 6) is -0.565. The third-order valence-corrected chi connectivity index (χ3v) is 4.20. The zero-order valence-corrected chi connectivity index (χ0v) is 13.7. The van der Waals surface area contributed by atoms with Gasteiger partial charge in [0.2, 0.25) is 11.8 Å². The molecular formula is C15H20F3N3O3. The lowest BCUT2D eigenvalue weighted by molar-refractivity contribution is -0.197. The second-order valence-corrected chi connectivity index (χ2v) is 6.06. The van der Waals surface area contributed by atoms with E-state index in [1.165, 1.54) is 6.92 Å². The van der Waals surface area contributed by atoms with Crippen LogP contribution in [0.5, 0.6) is 0 Å². The number of nitrogens with one attached hydrogen (secondary N) is 1. The predicted molar refractivity (Wildman–Crippen MR) is 78.1 cm³/mol. The van der Waals surface area contributed by atoms with Gasteiger partial charge in [-0.25, -0.2) is 0 Å². The highest BCUT2D eigenvalue weighted by Gasteiger charge is 2.48. The second kappa shape index (κ2) is 6.82. The van der Waals surface area contributed by atoms with Crippen molar-refractivity contribution in [3.05, 3.63) is 17.0 Å². The van der Waals surface area contributed by atoms with E-state index in [-0.39, 0.29) is 31.7 Å². The second-order valence-electron chi connectivity index (χ2n) is 6.06. The van der Waals surface area contributed by atoms with Gasteiger partial charge in [-0.1, -0.05) is 5.16 Å². The molecule has 0 spiro atoms. The number of aryl methyl sites for hydroxylation is 2. The number of aromatic nitrogens is 1. The van der Waals surface area contributed by atoms with Crippen LogP contribution in [0.2, 0.25) is 0 Å². The van der Waals surface area contributed by atoms with E-state index in [1.807, 2.05) is 0 Å².